The van der Waals surface area contributed by atoms with Crippen LogP contribution >= 0.6 is 23.2 Å². The van der Waals surface area contributed by atoms with Crippen molar-refractivity contribution >= 4 is 46.6 Å². The van der Waals surface area contributed by atoms with E-state index in [-0.39, 0.29) is 36.0 Å². The predicted octanol–water partition coefficient (Wildman–Crippen LogP) is 4.02. The lowest BCUT2D eigenvalue weighted by Gasteiger charge is -2.37. The summed E-state index contributed by atoms with van der Waals surface area (Å²) in [7, 11) is 1.75. The number of carbonyl (C=O) groups is 3. The zero-order valence-electron chi connectivity index (χ0n) is 22.5. The summed E-state index contributed by atoms with van der Waals surface area (Å²) in [6, 6.07) is 17.8. The Balaban J connectivity index is 1.40. The van der Waals surface area contributed by atoms with Crippen LogP contribution in [0.2, 0.25) is 10.0 Å². The smallest absolute Gasteiger partial charge is 0.265 e. The van der Waals surface area contributed by atoms with Gasteiger partial charge in [0.25, 0.3) is 5.91 Å². The highest BCUT2D eigenvalue weighted by Gasteiger charge is 2.32. The van der Waals surface area contributed by atoms with E-state index in [1.165, 1.54) is 4.90 Å². The van der Waals surface area contributed by atoms with Crippen molar-refractivity contribution in [3.63, 3.8) is 0 Å². The molecule has 2 N–H and O–H groups in total. The Morgan fingerprint density at radius 3 is 2.41 bits per heavy atom. The molecule has 1 atom stereocenters. The molecule has 0 radical (unpaired) electrons. The monoisotopic (exact) mass is 596 g/mol. The second-order valence-corrected chi connectivity index (χ2v) is 10.8. The first-order valence-electron chi connectivity index (χ1n) is 13.2. The normalized spacial score (nSPS) is 16.1. The Morgan fingerprint density at radius 2 is 1.71 bits per heavy atom. The van der Waals surface area contributed by atoms with E-state index >= 15 is 0 Å². The van der Waals surface area contributed by atoms with Gasteiger partial charge in [0.15, 0.2) is 6.61 Å². The summed E-state index contributed by atoms with van der Waals surface area (Å²) in [5.41, 5.74) is 9.02. The van der Waals surface area contributed by atoms with E-state index in [0.717, 1.165) is 29.8 Å². The maximum absolute atomic E-state index is 13.7. The van der Waals surface area contributed by atoms with Gasteiger partial charge < -0.3 is 20.1 Å². The quantitative estimate of drug-likeness (QED) is 0.421. The summed E-state index contributed by atoms with van der Waals surface area (Å²) < 4.78 is 11.0. The number of fused-ring (bicyclic) bond motifs is 1. The first-order chi connectivity index (χ1) is 19.7. The highest BCUT2D eigenvalue weighted by Crippen LogP contribution is 2.39. The molecule has 0 aromatic heterocycles. The minimum Gasteiger partial charge on any atom is -0.482 e. The standard InChI is InChI=1S/C30H30Cl2N4O5/c1-34(28(37)17-36-25-14-23(31)24(32)15-27(25)41-18-29(36)38)26(16-35-9-11-40-12-10-35)20-7-5-19(6-8-20)21-3-2-4-22(13-21)30(33)39/h2-8,13-15,26H,9-12,16-18H2,1H3,(H2,33,39). The topological polar surface area (TPSA) is 105 Å². The zero-order chi connectivity index (χ0) is 29.1. The summed E-state index contributed by atoms with van der Waals surface area (Å²) in [6.07, 6.45) is 0. The van der Waals surface area contributed by atoms with Gasteiger partial charge in [0.1, 0.15) is 12.3 Å². The fourth-order valence-electron chi connectivity index (χ4n) is 5.02. The van der Waals surface area contributed by atoms with Crippen molar-refractivity contribution in [1.82, 2.24) is 9.80 Å². The Bertz CT molecular complexity index is 1460. The molecule has 3 aromatic carbocycles. The molecule has 0 bridgehead atoms. The van der Waals surface area contributed by atoms with Crippen molar-refractivity contribution in [3.05, 3.63) is 81.8 Å². The molecule has 5 rings (SSSR count). The molecule has 2 heterocycles. The van der Waals surface area contributed by atoms with Crippen molar-refractivity contribution in [2.45, 2.75) is 6.04 Å². The third-order valence-electron chi connectivity index (χ3n) is 7.41. The van der Waals surface area contributed by atoms with Crippen molar-refractivity contribution in [2.24, 2.45) is 5.73 Å². The average Bonchev–Trinajstić information content (AvgIpc) is 2.98. The minimum absolute atomic E-state index is 0.179. The second-order valence-electron chi connectivity index (χ2n) is 10.0. The first kappa shape index (κ1) is 28.9. The van der Waals surface area contributed by atoms with Gasteiger partial charge in [-0.15, -0.1) is 0 Å². The largest absolute Gasteiger partial charge is 0.482 e. The van der Waals surface area contributed by atoms with Gasteiger partial charge in [-0.1, -0.05) is 59.6 Å². The van der Waals surface area contributed by atoms with Gasteiger partial charge in [0, 0.05) is 38.3 Å². The highest BCUT2D eigenvalue weighted by atomic mass is 35.5. The van der Waals surface area contributed by atoms with Crippen LogP contribution in [0.25, 0.3) is 11.1 Å². The lowest BCUT2D eigenvalue weighted by atomic mass is 9.98. The minimum atomic E-state index is -0.485. The van der Waals surface area contributed by atoms with Crippen molar-refractivity contribution in [2.75, 3.05) is 57.9 Å². The molecule has 41 heavy (non-hydrogen) atoms. The molecule has 0 saturated carbocycles. The van der Waals surface area contributed by atoms with E-state index in [2.05, 4.69) is 4.90 Å². The van der Waals surface area contributed by atoms with Crippen molar-refractivity contribution in [1.29, 1.82) is 0 Å². The first-order valence-corrected chi connectivity index (χ1v) is 13.9. The van der Waals surface area contributed by atoms with Crippen LogP contribution in [0.1, 0.15) is 22.0 Å². The highest BCUT2D eigenvalue weighted by molar-refractivity contribution is 6.42. The number of nitrogens with zero attached hydrogens (tertiary/aromatic N) is 3. The summed E-state index contributed by atoms with van der Waals surface area (Å²) in [4.78, 5) is 43.5. The van der Waals surface area contributed by atoms with E-state index in [1.807, 2.05) is 30.3 Å². The van der Waals surface area contributed by atoms with Gasteiger partial charge in [0.2, 0.25) is 11.8 Å². The van der Waals surface area contributed by atoms with E-state index in [4.69, 9.17) is 38.4 Å². The molecule has 9 nitrogen and oxygen atoms in total. The fourth-order valence-corrected chi connectivity index (χ4v) is 5.33. The summed E-state index contributed by atoms with van der Waals surface area (Å²) in [5.74, 6) is -0.671. The lowest BCUT2D eigenvalue weighted by Crippen LogP contribution is -2.48. The number of halogens is 2. The Hall–Kier alpha value is -3.63. The molecule has 2 aliphatic rings. The molecule has 1 fully saturated rings. The Kier molecular flexibility index (Phi) is 8.79. The molecule has 2 aliphatic heterocycles. The van der Waals surface area contributed by atoms with Gasteiger partial charge in [-0.3, -0.25) is 24.2 Å². The van der Waals surface area contributed by atoms with E-state index in [0.29, 0.717) is 41.8 Å². The van der Waals surface area contributed by atoms with Gasteiger partial charge in [-0.05, 0) is 34.9 Å². The average molecular weight is 597 g/mol. The Morgan fingerprint density at radius 1 is 1.00 bits per heavy atom. The molecule has 1 saturated heterocycles. The number of hydrogen-bond donors (Lipinski definition) is 1. The summed E-state index contributed by atoms with van der Waals surface area (Å²) in [6.45, 7) is 2.98. The van der Waals surface area contributed by atoms with E-state index in [9.17, 15) is 14.4 Å². The van der Waals surface area contributed by atoms with Crippen LogP contribution in [0.4, 0.5) is 5.69 Å². The van der Waals surface area contributed by atoms with Crippen LogP contribution in [0, 0.1) is 0 Å². The van der Waals surface area contributed by atoms with E-state index in [1.54, 1.807) is 42.3 Å². The molecule has 0 spiro atoms. The molecular weight excluding hydrogens is 567 g/mol. The maximum atomic E-state index is 13.7. The number of morpholine rings is 1. The van der Waals surface area contributed by atoms with Gasteiger partial charge in [-0.2, -0.15) is 0 Å². The van der Waals surface area contributed by atoms with Crippen molar-refractivity contribution < 1.29 is 23.9 Å². The molecule has 0 aliphatic carbocycles. The number of ether oxygens (including phenoxy) is 2. The molecule has 214 valence electrons. The number of anilines is 1. The second kappa shape index (κ2) is 12.5. The van der Waals surface area contributed by atoms with Gasteiger partial charge >= 0.3 is 0 Å². The van der Waals surface area contributed by atoms with Gasteiger partial charge in [0.05, 0.1) is 35.0 Å². The molecular formula is C30H30Cl2N4O5. The van der Waals surface area contributed by atoms with Crippen LogP contribution in [-0.4, -0.2) is 80.6 Å². The fraction of sp³-hybridized carbons (Fsp3) is 0.300. The van der Waals surface area contributed by atoms with Crippen LogP contribution in [0.15, 0.2) is 60.7 Å². The number of benzene rings is 3. The van der Waals surface area contributed by atoms with E-state index < -0.39 is 5.91 Å². The summed E-state index contributed by atoms with van der Waals surface area (Å²) >= 11 is 12.4. The lowest BCUT2D eigenvalue weighted by molar-refractivity contribution is -0.133. The predicted molar refractivity (Wildman–Crippen MR) is 157 cm³/mol. The third-order valence-corrected chi connectivity index (χ3v) is 8.13. The van der Waals surface area contributed by atoms with Crippen LogP contribution in [-0.2, 0) is 14.3 Å². The number of nitrogens with two attached hydrogens (primary N) is 1. The molecule has 11 heteroatoms. The number of amides is 3. The molecule has 3 amide bonds. The van der Waals surface area contributed by atoms with Crippen LogP contribution in [0.3, 0.4) is 0 Å². The number of likely N-dealkylation sites (N-methyl/N-ethyl adjacent to an activating group) is 1. The Labute approximate surface area is 248 Å². The molecule has 3 aromatic rings. The number of rotatable bonds is 8. The van der Waals surface area contributed by atoms with Crippen LogP contribution in [0.5, 0.6) is 5.75 Å². The van der Waals surface area contributed by atoms with Crippen molar-refractivity contribution in [3.8, 4) is 16.9 Å². The number of carbonyl (C=O) groups excluding carboxylic acids is 3. The maximum Gasteiger partial charge on any atom is 0.265 e. The van der Waals surface area contributed by atoms with Gasteiger partial charge in [-0.25, -0.2) is 0 Å². The number of hydrogen-bond acceptors (Lipinski definition) is 6. The number of primary amides is 1. The molecule has 1 unspecified atom stereocenters. The third kappa shape index (κ3) is 6.49. The van der Waals surface area contributed by atoms with Crippen LogP contribution < -0.4 is 15.4 Å². The zero-order valence-corrected chi connectivity index (χ0v) is 24.0. The SMILES string of the molecule is CN(C(=O)CN1C(=O)COc2cc(Cl)c(Cl)cc21)C(CN1CCOCC1)c1ccc(-c2cccc(C(N)=O)c2)cc1. The summed E-state index contributed by atoms with van der Waals surface area (Å²) in [5, 5.41) is 0.569.